The molecule has 0 saturated carbocycles. The predicted octanol–water partition coefficient (Wildman–Crippen LogP) is 2.59. The van der Waals surface area contributed by atoms with Crippen LogP contribution in [-0.4, -0.2) is 39.4 Å². The molecule has 0 bridgehead atoms. The van der Waals surface area contributed by atoms with Crippen LogP contribution in [0.4, 0.5) is 0 Å². The summed E-state index contributed by atoms with van der Waals surface area (Å²) in [6, 6.07) is 9.18. The lowest BCUT2D eigenvalue weighted by molar-refractivity contribution is 0.0949. The third kappa shape index (κ3) is 6.07. The first kappa shape index (κ1) is 20.4. The number of carbonyl (C=O) groups excluding carboxylic acids is 1. The van der Waals surface area contributed by atoms with Crippen molar-refractivity contribution in [2.24, 2.45) is 0 Å². The second-order valence-electron chi connectivity index (χ2n) is 6.31. The summed E-state index contributed by atoms with van der Waals surface area (Å²) in [5.74, 6) is -1.32. The van der Waals surface area contributed by atoms with Crippen molar-refractivity contribution in [2.75, 3.05) is 13.1 Å². The Hall–Kier alpha value is -2.93. The highest BCUT2D eigenvalue weighted by Crippen LogP contribution is 2.28. The summed E-state index contributed by atoms with van der Waals surface area (Å²) in [6.07, 6.45) is 3.72. The molecule has 0 saturated heterocycles. The standard InChI is InChI=1S/C20H26N2O5/c23-16-9-5-7-14(18(16)25)13-21-11-3-1-2-4-12-22-20(27)15-8-6-10-17(24)19(15)26/h5-10,21,23-26H,1-4,11-13H2,(H,22,27). The Morgan fingerprint density at radius 1 is 0.778 bits per heavy atom. The van der Waals surface area contributed by atoms with Crippen molar-refractivity contribution < 1.29 is 25.2 Å². The number of nitrogens with one attached hydrogen (secondary N) is 2. The van der Waals surface area contributed by atoms with Gasteiger partial charge in [-0.1, -0.05) is 31.0 Å². The average molecular weight is 374 g/mol. The molecule has 7 heteroatoms. The number of aromatic hydroxyl groups is 4. The van der Waals surface area contributed by atoms with Gasteiger partial charge < -0.3 is 31.1 Å². The van der Waals surface area contributed by atoms with Crippen LogP contribution in [0.1, 0.15) is 41.6 Å². The fraction of sp³-hybridized carbons (Fsp3) is 0.350. The van der Waals surface area contributed by atoms with Gasteiger partial charge >= 0.3 is 0 Å². The van der Waals surface area contributed by atoms with Crippen molar-refractivity contribution in [3.63, 3.8) is 0 Å². The molecule has 1 amide bonds. The Kier molecular flexibility index (Phi) is 7.76. The topological polar surface area (TPSA) is 122 Å². The molecular formula is C20H26N2O5. The SMILES string of the molecule is O=C(NCCCCCCNCc1cccc(O)c1O)c1cccc(O)c1O. The molecule has 0 radical (unpaired) electrons. The second-order valence-corrected chi connectivity index (χ2v) is 6.31. The maximum Gasteiger partial charge on any atom is 0.255 e. The van der Waals surface area contributed by atoms with Crippen LogP contribution in [0, 0.1) is 0 Å². The molecule has 0 atom stereocenters. The highest BCUT2D eigenvalue weighted by Gasteiger charge is 2.12. The first-order valence-corrected chi connectivity index (χ1v) is 9.00. The Morgan fingerprint density at radius 2 is 1.41 bits per heavy atom. The number of benzene rings is 2. The van der Waals surface area contributed by atoms with Gasteiger partial charge in [-0.05, 0) is 37.6 Å². The van der Waals surface area contributed by atoms with Crippen LogP contribution in [0.3, 0.4) is 0 Å². The van der Waals surface area contributed by atoms with Crippen molar-refractivity contribution in [1.82, 2.24) is 10.6 Å². The molecule has 0 spiro atoms. The molecule has 0 aliphatic carbocycles. The van der Waals surface area contributed by atoms with Crippen molar-refractivity contribution in [2.45, 2.75) is 32.2 Å². The zero-order valence-corrected chi connectivity index (χ0v) is 15.1. The molecule has 2 aromatic carbocycles. The molecule has 2 aromatic rings. The fourth-order valence-electron chi connectivity index (χ4n) is 2.68. The average Bonchev–Trinajstić information content (AvgIpc) is 2.65. The molecular weight excluding hydrogens is 348 g/mol. The lowest BCUT2D eigenvalue weighted by atomic mass is 10.1. The van der Waals surface area contributed by atoms with Crippen LogP contribution in [-0.2, 0) is 6.54 Å². The normalized spacial score (nSPS) is 10.7. The van der Waals surface area contributed by atoms with Gasteiger partial charge in [0.05, 0.1) is 5.56 Å². The first-order valence-electron chi connectivity index (χ1n) is 9.00. The van der Waals surface area contributed by atoms with Gasteiger partial charge in [-0.3, -0.25) is 4.79 Å². The van der Waals surface area contributed by atoms with Crippen molar-refractivity contribution in [3.05, 3.63) is 47.5 Å². The van der Waals surface area contributed by atoms with Crippen LogP contribution >= 0.6 is 0 Å². The van der Waals surface area contributed by atoms with Gasteiger partial charge in [0.15, 0.2) is 23.0 Å². The summed E-state index contributed by atoms with van der Waals surface area (Å²) in [5, 5.41) is 44.1. The van der Waals surface area contributed by atoms with E-state index in [0.29, 0.717) is 18.7 Å². The molecule has 0 heterocycles. The molecule has 0 aromatic heterocycles. The maximum absolute atomic E-state index is 11.9. The molecule has 2 rings (SSSR count). The van der Waals surface area contributed by atoms with Crippen molar-refractivity contribution in [1.29, 1.82) is 0 Å². The lowest BCUT2D eigenvalue weighted by Gasteiger charge is -2.09. The minimum atomic E-state index is -0.406. The minimum absolute atomic E-state index is 0.0643. The van der Waals surface area contributed by atoms with E-state index in [4.69, 9.17) is 0 Å². The largest absolute Gasteiger partial charge is 0.504 e. The Bertz CT molecular complexity index is 764. The van der Waals surface area contributed by atoms with Crippen molar-refractivity contribution >= 4 is 5.91 Å². The zero-order valence-electron chi connectivity index (χ0n) is 15.1. The van der Waals surface area contributed by atoms with E-state index < -0.39 is 11.7 Å². The summed E-state index contributed by atoms with van der Waals surface area (Å²) in [5.41, 5.74) is 0.724. The fourth-order valence-corrected chi connectivity index (χ4v) is 2.68. The van der Waals surface area contributed by atoms with Gasteiger partial charge in [-0.2, -0.15) is 0 Å². The van der Waals surface area contributed by atoms with Crippen LogP contribution in [0.25, 0.3) is 0 Å². The summed E-state index contributed by atoms with van der Waals surface area (Å²) in [7, 11) is 0. The number of amides is 1. The van der Waals surface area contributed by atoms with Crippen LogP contribution in [0.15, 0.2) is 36.4 Å². The Balaban J connectivity index is 1.54. The van der Waals surface area contributed by atoms with Crippen molar-refractivity contribution in [3.8, 4) is 23.0 Å². The number of hydrogen-bond donors (Lipinski definition) is 6. The lowest BCUT2D eigenvalue weighted by Crippen LogP contribution is -2.24. The maximum atomic E-state index is 11.9. The smallest absolute Gasteiger partial charge is 0.255 e. The minimum Gasteiger partial charge on any atom is -0.504 e. The third-order valence-electron chi connectivity index (χ3n) is 4.24. The molecule has 7 nitrogen and oxygen atoms in total. The Morgan fingerprint density at radius 3 is 2.15 bits per heavy atom. The van der Waals surface area contributed by atoms with E-state index in [-0.39, 0.29) is 22.8 Å². The highest BCUT2D eigenvalue weighted by molar-refractivity contribution is 5.97. The zero-order chi connectivity index (χ0) is 19.6. The third-order valence-corrected chi connectivity index (χ3v) is 4.24. The van der Waals surface area contributed by atoms with E-state index in [1.807, 2.05) is 0 Å². The number of phenolic OH excluding ortho intramolecular Hbond substituents is 4. The number of rotatable bonds is 10. The monoisotopic (exact) mass is 374 g/mol. The molecule has 0 fully saturated rings. The second kappa shape index (κ2) is 10.3. The van der Waals surface area contributed by atoms with Crippen LogP contribution in [0.5, 0.6) is 23.0 Å². The van der Waals surface area contributed by atoms with E-state index in [2.05, 4.69) is 10.6 Å². The summed E-state index contributed by atoms with van der Waals surface area (Å²) in [6.45, 7) is 1.78. The molecule has 0 aliphatic rings. The van der Waals surface area contributed by atoms with Gasteiger partial charge in [0.25, 0.3) is 5.91 Å². The highest BCUT2D eigenvalue weighted by atomic mass is 16.3. The van der Waals surface area contributed by atoms with Crippen LogP contribution in [0.2, 0.25) is 0 Å². The number of carbonyl (C=O) groups is 1. The Labute approximate surface area is 158 Å². The predicted molar refractivity (Wildman–Crippen MR) is 102 cm³/mol. The molecule has 27 heavy (non-hydrogen) atoms. The quantitative estimate of drug-likeness (QED) is 0.281. The molecule has 6 N–H and O–H groups in total. The summed E-state index contributed by atoms with van der Waals surface area (Å²) < 4.78 is 0. The number of unbranched alkanes of at least 4 members (excludes halogenated alkanes) is 3. The molecule has 0 unspecified atom stereocenters. The molecule has 146 valence electrons. The van der Waals surface area contributed by atoms with E-state index >= 15 is 0 Å². The summed E-state index contributed by atoms with van der Waals surface area (Å²) in [4.78, 5) is 11.9. The van der Waals surface area contributed by atoms with E-state index in [0.717, 1.165) is 32.2 Å². The van der Waals surface area contributed by atoms with Gasteiger partial charge in [0, 0.05) is 18.7 Å². The van der Waals surface area contributed by atoms with Crippen LogP contribution < -0.4 is 10.6 Å². The number of para-hydroxylation sites is 2. The molecule has 0 aliphatic heterocycles. The number of hydrogen-bond acceptors (Lipinski definition) is 6. The van der Waals surface area contributed by atoms with Gasteiger partial charge in [0.2, 0.25) is 0 Å². The van der Waals surface area contributed by atoms with E-state index in [9.17, 15) is 25.2 Å². The van der Waals surface area contributed by atoms with E-state index in [1.165, 1.54) is 24.3 Å². The van der Waals surface area contributed by atoms with E-state index in [1.54, 1.807) is 12.1 Å². The number of phenols is 4. The van der Waals surface area contributed by atoms with Gasteiger partial charge in [-0.15, -0.1) is 0 Å². The van der Waals surface area contributed by atoms with Gasteiger partial charge in [0.1, 0.15) is 0 Å². The summed E-state index contributed by atoms with van der Waals surface area (Å²) >= 11 is 0. The first-order chi connectivity index (χ1) is 13.0. The van der Waals surface area contributed by atoms with Gasteiger partial charge in [-0.25, -0.2) is 0 Å².